The van der Waals surface area contributed by atoms with Crippen LogP contribution in [0.5, 0.6) is 11.8 Å². The van der Waals surface area contributed by atoms with Crippen molar-refractivity contribution >= 4 is 17.8 Å². The van der Waals surface area contributed by atoms with Gasteiger partial charge in [-0.1, -0.05) is 6.92 Å². The number of nitrogens with two attached hydrogens (primary N) is 1. The van der Waals surface area contributed by atoms with Crippen LogP contribution in [0.1, 0.15) is 33.6 Å². The number of aromatic nitrogens is 1. The van der Waals surface area contributed by atoms with E-state index in [2.05, 4.69) is 0 Å². The minimum absolute atomic E-state index is 0.0721. The molecular formula is C16H21N3O6. The average Bonchev–Trinajstić information content (AvgIpc) is 3.03. The van der Waals surface area contributed by atoms with Gasteiger partial charge < -0.3 is 20.8 Å². The Morgan fingerprint density at radius 3 is 2.08 bits per heavy atom. The van der Waals surface area contributed by atoms with E-state index in [4.69, 9.17) is 10.6 Å². The molecule has 2 rings (SSSR count). The fourth-order valence-corrected chi connectivity index (χ4v) is 2.74. The first kappa shape index (κ1) is 18.5. The molecule has 2 heterocycles. The van der Waals surface area contributed by atoms with Gasteiger partial charge in [0.05, 0.1) is 5.41 Å². The summed E-state index contributed by atoms with van der Waals surface area (Å²) in [4.78, 5) is 42.3. The number of carbonyl (C=O) groups is 3. The SMILES string of the molecule is CCC(N)(CC(C)(C)C(=O)On1c(O)ccc1O)N1C(=O)C=CC1=O. The number of nitrogens with zero attached hydrogens (tertiary/aromatic N) is 2. The van der Waals surface area contributed by atoms with Crippen molar-refractivity contribution in [3.63, 3.8) is 0 Å². The lowest BCUT2D eigenvalue weighted by molar-refractivity contribution is -0.161. The third-order valence-electron chi connectivity index (χ3n) is 4.14. The Hall–Kier alpha value is -2.81. The van der Waals surface area contributed by atoms with Gasteiger partial charge in [-0.25, -0.2) is 4.79 Å². The predicted octanol–water partition coefficient (Wildman–Crippen LogP) is 0.261. The summed E-state index contributed by atoms with van der Waals surface area (Å²) in [6.07, 6.45) is 2.40. The van der Waals surface area contributed by atoms with Gasteiger partial charge in [0.1, 0.15) is 5.66 Å². The van der Waals surface area contributed by atoms with Gasteiger partial charge in [0.25, 0.3) is 11.8 Å². The third-order valence-corrected chi connectivity index (χ3v) is 4.14. The largest absolute Gasteiger partial charge is 0.492 e. The molecule has 1 aliphatic heterocycles. The van der Waals surface area contributed by atoms with Crippen LogP contribution in [0, 0.1) is 5.41 Å². The van der Waals surface area contributed by atoms with Crippen molar-refractivity contribution in [3.8, 4) is 11.8 Å². The molecule has 136 valence electrons. The summed E-state index contributed by atoms with van der Waals surface area (Å²) in [5, 5.41) is 19.1. The summed E-state index contributed by atoms with van der Waals surface area (Å²) in [7, 11) is 0. The molecule has 4 N–H and O–H groups in total. The molecule has 0 fully saturated rings. The summed E-state index contributed by atoms with van der Waals surface area (Å²) >= 11 is 0. The minimum Gasteiger partial charge on any atom is -0.492 e. The van der Waals surface area contributed by atoms with Crippen LogP contribution in [0.4, 0.5) is 0 Å². The first-order valence-corrected chi connectivity index (χ1v) is 7.69. The number of imide groups is 1. The highest BCUT2D eigenvalue weighted by Crippen LogP contribution is 2.34. The molecule has 1 unspecified atom stereocenters. The highest BCUT2D eigenvalue weighted by atomic mass is 16.7. The normalized spacial score (nSPS) is 17.0. The smallest absolute Gasteiger partial charge is 0.338 e. The molecule has 1 atom stereocenters. The van der Waals surface area contributed by atoms with E-state index < -0.39 is 40.6 Å². The highest BCUT2D eigenvalue weighted by molar-refractivity contribution is 6.13. The van der Waals surface area contributed by atoms with Crippen molar-refractivity contribution in [2.45, 2.75) is 39.3 Å². The molecule has 1 aromatic rings. The van der Waals surface area contributed by atoms with E-state index in [1.165, 1.54) is 13.8 Å². The molecule has 9 heteroatoms. The molecule has 0 aliphatic carbocycles. The number of hydrogen-bond acceptors (Lipinski definition) is 7. The van der Waals surface area contributed by atoms with Crippen molar-refractivity contribution in [3.05, 3.63) is 24.3 Å². The average molecular weight is 351 g/mol. The molecule has 0 saturated heterocycles. The zero-order valence-electron chi connectivity index (χ0n) is 14.2. The van der Waals surface area contributed by atoms with Gasteiger partial charge in [-0.2, -0.15) is 0 Å². The molecule has 0 bridgehead atoms. The standard InChI is InChI=1S/C16H21N3O6/c1-4-16(17,18-10(20)5-6-11(18)21)9-15(2,3)14(24)25-19-12(22)7-8-13(19)23/h5-8,22-23H,4,9,17H2,1-3H3. The van der Waals surface area contributed by atoms with Crippen LogP contribution in [0.25, 0.3) is 0 Å². The maximum absolute atomic E-state index is 12.5. The zero-order valence-corrected chi connectivity index (χ0v) is 14.2. The van der Waals surface area contributed by atoms with Crippen LogP contribution < -0.4 is 10.6 Å². The molecule has 2 amide bonds. The number of rotatable bonds is 6. The number of carbonyl (C=O) groups excluding carboxylic acids is 3. The Balaban J connectivity index is 2.21. The molecule has 0 saturated carbocycles. The van der Waals surface area contributed by atoms with Crippen LogP contribution >= 0.6 is 0 Å². The molecule has 0 radical (unpaired) electrons. The number of hydrogen-bond donors (Lipinski definition) is 3. The van der Waals surface area contributed by atoms with E-state index >= 15 is 0 Å². The van der Waals surface area contributed by atoms with E-state index in [0.29, 0.717) is 4.73 Å². The van der Waals surface area contributed by atoms with Crippen molar-refractivity contribution in [2.24, 2.45) is 11.1 Å². The predicted molar refractivity (Wildman–Crippen MR) is 85.9 cm³/mol. The molecule has 0 spiro atoms. The molecule has 1 aliphatic rings. The second-order valence-corrected chi connectivity index (χ2v) is 6.59. The topological polar surface area (TPSA) is 135 Å². The van der Waals surface area contributed by atoms with Crippen LogP contribution in [0.2, 0.25) is 0 Å². The number of aromatic hydroxyl groups is 2. The second kappa shape index (κ2) is 6.25. The number of amides is 2. The van der Waals surface area contributed by atoms with Crippen LogP contribution in [0.15, 0.2) is 24.3 Å². The summed E-state index contributed by atoms with van der Waals surface area (Å²) < 4.78 is 0.571. The zero-order chi connectivity index (χ0) is 19.0. The summed E-state index contributed by atoms with van der Waals surface area (Å²) in [5.41, 5.74) is 3.66. The summed E-state index contributed by atoms with van der Waals surface area (Å²) in [6.45, 7) is 4.76. The van der Waals surface area contributed by atoms with Crippen molar-refractivity contribution in [1.29, 1.82) is 0 Å². The Kier molecular flexibility index (Phi) is 4.63. The molecule has 25 heavy (non-hydrogen) atoms. The van der Waals surface area contributed by atoms with Gasteiger partial charge in [-0.05, 0) is 26.7 Å². The van der Waals surface area contributed by atoms with E-state index in [0.717, 1.165) is 29.2 Å². The van der Waals surface area contributed by atoms with Crippen LogP contribution in [-0.2, 0) is 14.4 Å². The molecular weight excluding hydrogens is 330 g/mol. The fourth-order valence-electron chi connectivity index (χ4n) is 2.74. The van der Waals surface area contributed by atoms with Gasteiger partial charge >= 0.3 is 5.97 Å². The minimum atomic E-state index is -1.39. The van der Waals surface area contributed by atoms with Gasteiger partial charge in [0.2, 0.25) is 11.8 Å². The lowest BCUT2D eigenvalue weighted by atomic mass is 9.81. The maximum Gasteiger partial charge on any atom is 0.338 e. The fraction of sp³-hybridized carbons (Fsp3) is 0.438. The second-order valence-electron chi connectivity index (χ2n) is 6.59. The highest BCUT2D eigenvalue weighted by Gasteiger charge is 2.46. The van der Waals surface area contributed by atoms with E-state index in [1.807, 2.05) is 0 Å². The van der Waals surface area contributed by atoms with Crippen molar-refractivity contribution in [1.82, 2.24) is 9.63 Å². The van der Waals surface area contributed by atoms with Crippen molar-refractivity contribution < 1.29 is 29.4 Å². The Bertz CT molecular complexity index is 714. The lowest BCUT2D eigenvalue weighted by Crippen LogP contribution is -2.61. The monoisotopic (exact) mass is 351 g/mol. The van der Waals surface area contributed by atoms with Crippen LogP contribution in [0.3, 0.4) is 0 Å². The van der Waals surface area contributed by atoms with Crippen LogP contribution in [-0.4, -0.2) is 43.3 Å². The van der Waals surface area contributed by atoms with Gasteiger partial charge in [0, 0.05) is 24.3 Å². The van der Waals surface area contributed by atoms with E-state index in [-0.39, 0.29) is 12.8 Å². The van der Waals surface area contributed by atoms with E-state index in [9.17, 15) is 24.6 Å². The third kappa shape index (κ3) is 3.36. The Labute approximate surface area is 144 Å². The summed E-state index contributed by atoms with van der Waals surface area (Å²) in [5.74, 6) is -2.79. The van der Waals surface area contributed by atoms with E-state index in [1.54, 1.807) is 6.92 Å². The quantitative estimate of drug-likeness (QED) is 0.626. The Morgan fingerprint density at radius 2 is 1.64 bits per heavy atom. The maximum atomic E-state index is 12.5. The van der Waals surface area contributed by atoms with Gasteiger partial charge in [-0.3, -0.25) is 14.5 Å². The first-order valence-electron chi connectivity index (χ1n) is 7.69. The Morgan fingerprint density at radius 1 is 1.16 bits per heavy atom. The lowest BCUT2D eigenvalue weighted by Gasteiger charge is -2.40. The first-order chi connectivity index (χ1) is 11.5. The molecule has 0 aromatic carbocycles. The molecule has 9 nitrogen and oxygen atoms in total. The van der Waals surface area contributed by atoms with Crippen molar-refractivity contribution in [2.75, 3.05) is 0 Å². The van der Waals surface area contributed by atoms with Gasteiger partial charge in [-0.15, -0.1) is 4.73 Å². The summed E-state index contributed by atoms with van der Waals surface area (Å²) in [6, 6.07) is 2.31. The van der Waals surface area contributed by atoms with Gasteiger partial charge in [0.15, 0.2) is 0 Å². The molecule has 1 aromatic heterocycles.